The number of benzene rings is 2. The number of hydrogen-bond donors (Lipinski definition) is 0. The van der Waals surface area contributed by atoms with Crippen LogP contribution >= 0.6 is 0 Å². The molecule has 0 radical (unpaired) electrons. The highest BCUT2D eigenvalue weighted by atomic mass is 16.1. The summed E-state index contributed by atoms with van der Waals surface area (Å²) in [5, 5.41) is 2.61. The van der Waals surface area contributed by atoms with Crippen molar-refractivity contribution in [1.29, 1.82) is 0 Å². The van der Waals surface area contributed by atoms with E-state index in [2.05, 4.69) is 56.3 Å². The molecule has 3 aliphatic rings. The van der Waals surface area contributed by atoms with E-state index in [1.165, 1.54) is 33.9 Å². The summed E-state index contributed by atoms with van der Waals surface area (Å²) < 4.78 is 0. The number of allylic oxidation sites excluding steroid dienone is 2. The van der Waals surface area contributed by atoms with Crippen molar-refractivity contribution in [3.05, 3.63) is 59.2 Å². The quantitative estimate of drug-likeness (QED) is 0.660. The van der Waals surface area contributed by atoms with E-state index in [1.807, 2.05) is 0 Å². The van der Waals surface area contributed by atoms with Crippen LogP contribution in [0.15, 0.2) is 42.5 Å². The largest absolute Gasteiger partial charge is 0.299 e. The summed E-state index contributed by atoms with van der Waals surface area (Å²) in [6.45, 7) is 4.46. The van der Waals surface area contributed by atoms with Crippen molar-refractivity contribution < 1.29 is 4.79 Å². The molecule has 0 aliphatic heterocycles. The van der Waals surface area contributed by atoms with Gasteiger partial charge in [-0.2, -0.15) is 0 Å². The summed E-state index contributed by atoms with van der Waals surface area (Å²) in [5.74, 6) is 2.17. The van der Waals surface area contributed by atoms with E-state index < -0.39 is 0 Å². The van der Waals surface area contributed by atoms with Crippen LogP contribution in [0, 0.1) is 17.3 Å². The number of hydrogen-bond acceptors (Lipinski definition) is 1. The zero-order valence-electron chi connectivity index (χ0n) is 14.5. The summed E-state index contributed by atoms with van der Waals surface area (Å²) in [6.07, 6.45) is 8.53. The molecule has 1 spiro atoms. The third-order valence-electron chi connectivity index (χ3n) is 6.77. The van der Waals surface area contributed by atoms with Gasteiger partial charge in [0.2, 0.25) is 0 Å². The molecule has 24 heavy (non-hydrogen) atoms. The minimum Gasteiger partial charge on any atom is -0.299 e. The summed E-state index contributed by atoms with van der Waals surface area (Å²) in [4.78, 5) is 13.0. The first-order chi connectivity index (χ1) is 11.5. The Morgan fingerprint density at radius 1 is 1.04 bits per heavy atom. The highest BCUT2D eigenvalue weighted by Crippen LogP contribution is 2.56. The van der Waals surface area contributed by atoms with Gasteiger partial charge in [-0.25, -0.2) is 0 Å². The predicted molar refractivity (Wildman–Crippen MR) is 98.2 cm³/mol. The molecule has 1 saturated carbocycles. The molecule has 122 valence electrons. The molecular weight excluding hydrogens is 292 g/mol. The Kier molecular flexibility index (Phi) is 2.90. The normalized spacial score (nSPS) is 30.7. The topological polar surface area (TPSA) is 17.1 Å². The van der Waals surface area contributed by atoms with Crippen molar-refractivity contribution in [3.8, 4) is 0 Å². The van der Waals surface area contributed by atoms with E-state index in [0.29, 0.717) is 30.0 Å². The molecule has 0 N–H and O–H groups in total. The molecule has 3 aliphatic carbocycles. The van der Waals surface area contributed by atoms with Crippen LogP contribution in [0.1, 0.15) is 49.3 Å². The number of carbonyl (C=O) groups is 1. The molecule has 3 atom stereocenters. The van der Waals surface area contributed by atoms with E-state index in [1.54, 1.807) is 0 Å². The molecule has 0 amide bonds. The molecule has 0 saturated heterocycles. The summed E-state index contributed by atoms with van der Waals surface area (Å²) in [5.41, 5.74) is 3.98. The minimum absolute atomic E-state index is 0.0854. The lowest BCUT2D eigenvalue weighted by Crippen LogP contribution is -2.41. The van der Waals surface area contributed by atoms with Gasteiger partial charge < -0.3 is 0 Å². The first-order valence-electron chi connectivity index (χ1n) is 9.32. The van der Waals surface area contributed by atoms with E-state index in [4.69, 9.17) is 0 Å². The van der Waals surface area contributed by atoms with Crippen LogP contribution in [-0.2, 0) is 17.6 Å². The average molecular weight is 316 g/mol. The van der Waals surface area contributed by atoms with Crippen molar-refractivity contribution in [2.45, 2.75) is 45.4 Å². The van der Waals surface area contributed by atoms with Crippen LogP contribution in [0.4, 0.5) is 0 Å². The van der Waals surface area contributed by atoms with Gasteiger partial charge in [0.15, 0.2) is 0 Å². The lowest BCUT2D eigenvalue weighted by molar-refractivity contribution is -0.130. The van der Waals surface area contributed by atoms with Crippen molar-refractivity contribution in [2.24, 2.45) is 17.3 Å². The molecule has 2 aromatic rings. The second kappa shape index (κ2) is 4.81. The van der Waals surface area contributed by atoms with Gasteiger partial charge in [0.1, 0.15) is 5.78 Å². The first-order valence-corrected chi connectivity index (χ1v) is 9.32. The van der Waals surface area contributed by atoms with Crippen LogP contribution in [0.3, 0.4) is 0 Å². The number of carbonyl (C=O) groups excluding carboxylic acids is 1. The van der Waals surface area contributed by atoms with Crippen LogP contribution in [0.5, 0.6) is 0 Å². The SMILES string of the molecule is CC(C)c1ccc2cc3c(cc2c1)CC(=O)C1(C3)CC2C=CC1C2. The zero-order chi connectivity index (χ0) is 16.5. The van der Waals surface area contributed by atoms with Crippen LogP contribution in [0.2, 0.25) is 0 Å². The number of ketones is 1. The fraction of sp³-hybridized carbons (Fsp3) is 0.435. The molecule has 1 fully saturated rings. The lowest BCUT2D eigenvalue weighted by Gasteiger charge is -2.38. The molecule has 5 rings (SSSR count). The van der Waals surface area contributed by atoms with E-state index in [0.717, 1.165) is 12.8 Å². The number of fused-ring (bicyclic) bond motifs is 5. The van der Waals surface area contributed by atoms with Gasteiger partial charge in [-0.3, -0.25) is 4.79 Å². The van der Waals surface area contributed by atoms with Gasteiger partial charge in [-0.05, 0) is 64.5 Å². The maximum Gasteiger partial charge on any atom is 0.144 e. The van der Waals surface area contributed by atoms with Gasteiger partial charge in [-0.15, -0.1) is 0 Å². The molecule has 0 heterocycles. The Labute approximate surface area is 143 Å². The minimum atomic E-state index is -0.0854. The van der Waals surface area contributed by atoms with Crippen molar-refractivity contribution in [1.82, 2.24) is 0 Å². The fourth-order valence-electron chi connectivity index (χ4n) is 5.37. The van der Waals surface area contributed by atoms with Crippen LogP contribution < -0.4 is 0 Å². The van der Waals surface area contributed by atoms with Crippen LogP contribution in [-0.4, -0.2) is 5.78 Å². The highest BCUT2D eigenvalue weighted by molar-refractivity contribution is 5.93. The monoisotopic (exact) mass is 316 g/mol. The van der Waals surface area contributed by atoms with Gasteiger partial charge in [-0.1, -0.05) is 56.3 Å². The third-order valence-corrected chi connectivity index (χ3v) is 6.77. The Hall–Kier alpha value is -1.89. The van der Waals surface area contributed by atoms with Gasteiger partial charge in [0, 0.05) is 11.8 Å². The van der Waals surface area contributed by atoms with E-state index in [-0.39, 0.29) is 5.41 Å². The van der Waals surface area contributed by atoms with Crippen molar-refractivity contribution in [2.75, 3.05) is 0 Å². The zero-order valence-corrected chi connectivity index (χ0v) is 14.5. The van der Waals surface area contributed by atoms with Gasteiger partial charge >= 0.3 is 0 Å². The van der Waals surface area contributed by atoms with Gasteiger partial charge in [0.25, 0.3) is 0 Å². The van der Waals surface area contributed by atoms with Gasteiger partial charge in [0.05, 0.1) is 0 Å². The maximum absolute atomic E-state index is 13.0. The number of rotatable bonds is 1. The lowest BCUT2D eigenvalue weighted by atomic mass is 9.63. The van der Waals surface area contributed by atoms with E-state index in [9.17, 15) is 4.79 Å². The summed E-state index contributed by atoms with van der Waals surface area (Å²) in [7, 11) is 0. The summed E-state index contributed by atoms with van der Waals surface area (Å²) >= 11 is 0. The van der Waals surface area contributed by atoms with Crippen molar-refractivity contribution >= 4 is 16.6 Å². The Bertz CT molecular complexity index is 888. The Morgan fingerprint density at radius 2 is 1.88 bits per heavy atom. The molecule has 1 heteroatoms. The molecule has 2 bridgehead atoms. The first kappa shape index (κ1) is 14.5. The second-order valence-electron chi connectivity index (χ2n) is 8.51. The number of Topliss-reactive ketones (excluding diaryl/α,β-unsaturated/α-hetero) is 1. The second-order valence-corrected chi connectivity index (χ2v) is 8.51. The third kappa shape index (κ3) is 1.90. The molecule has 3 unspecified atom stereocenters. The highest BCUT2D eigenvalue weighted by Gasteiger charge is 2.54. The standard InChI is InChI=1S/C23H24O/c1-14(2)16-4-5-17-9-20-13-23(12-15-3-6-21(23)7-15)22(24)11-19(20)10-18(17)8-16/h3-6,8-10,14-15,21H,7,11-13H2,1-2H3. The smallest absolute Gasteiger partial charge is 0.144 e. The van der Waals surface area contributed by atoms with Crippen LogP contribution in [0.25, 0.3) is 10.8 Å². The summed E-state index contributed by atoms with van der Waals surface area (Å²) in [6, 6.07) is 11.5. The average Bonchev–Trinajstić information content (AvgIpc) is 3.15. The molecular formula is C23H24O. The molecule has 0 aromatic heterocycles. The molecule has 1 nitrogen and oxygen atoms in total. The molecule has 2 aromatic carbocycles. The Morgan fingerprint density at radius 3 is 2.58 bits per heavy atom. The van der Waals surface area contributed by atoms with E-state index >= 15 is 0 Å². The maximum atomic E-state index is 13.0. The predicted octanol–water partition coefficient (Wildman–Crippen LogP) is 5.21. The van der Waals surface area contributed by atoms with Crippen molar-refractivity contribution in [3.63, 3.8) is 0 Å². The Balaban J connectivity index is 1.60. The fourth-order valence-corrected chi connectivity index (χ4v) is 5.37.